The van der Waals surface area contributed by atoms with Crippen LogP contribution in [0.5, 0.6) is 5.75 Å². The van der Waals surface area contributed by atoms with Gasteiger partial charge in [0, 0.05) is 37.6 Å². The molecule has 3 N–H and O–H groups in total. The lowest BCUT2D eigenvalue weighted by Gasteiger charge is -2.31. The number of piperidine rings is 1. The first kappa shape index (κ1) is 15.8. The van der Waals surface area contributed by atoms with E-state index in [9.17, 15) is 9.59 Å². The van der Waals surface area contributed by atoms with E-state index in [1.165, 1.54) is 11.3 Å². The Kier molecular flexibility index (Phi) is 5.58. The highest BCUT2D eigenvalue weighted by Crippen LogP contribution is 2.25. The van der Waals surface area contributed by atoms with E-state index < -0.39 is 0 Å². The molecule has 0 bridgehead atoms. The molecule has 2 rings (SSSR count). The van der Waals surface area contributed by atoms with E-state index in [1.807, 2.05) is 5.38 Å². The van der Waals surface area contributed by atoms with E-state index in [0.717, 1.165) is 12.8 Å². The Balaban J connectivity index is 1.96. The van der Waals surface area contributed by atoms with Crippen molar-refractivity contribution < 1.29 is 14.3 Å². The van der Waals surface area contributed by atoms with Gasteiger partial charge in [-0.05, 0) is 12.8 Å². The van der Waals surface area contributed by atoms with Gasteiger partial charge in [0.1, 0.15) is 5.75 Å². The van der Waals surface area contributed by atoms with Gasteiger partial charge in [0.05, 0.1) is 17.9 Å². The summed E-state index contributed by atoms with van der Waals surface area (Å²) < 4.78 is 5.10. The molecule has 0 aromatic carbocycles. The van der Waals surface area contributed by atoms with Crippen LogP contribution < -0.4 is 15.8 Å². The molecular weight excluding hydrogens is 290 g/mol. The zero-order valence-electron chi connectivity index (χ0n) is 12.1. The third-order valence-electron chi connectivity index (χ3n) is 3.54. The largest absolute Gasteiger partial charge is 0.496 e. The molecule has 1 aliphatic rings. The molecule has 2 amide bonds. The van der Waals surface area contributed by atoms with Gasteiger partial charge < -0.3 is 20.7 Å². The summed E-state index contributed by atoms with van der Waals surface area (Å²) in [5, 5.41) is 4.60. The fourth-order valence-electron chi connectivity index (χ4n) is 2.41. The monoisotopic (exact) mass is 311 g/mol. The van der Waals surface area contributed by atoms with E-state index in [0.29, 0.717) is 36.8 Å². The van der Waals surface area contributed by atoms with Crippen LogP contribution in [0.1, 0.15) is 22.5 Å². The van der Waals surface area contributed by atoms with Crippen LogP contribution in [-0.2, 0) is 4.79 Å². The average molecular weight is 311 g/mol. The molecule has 1 atom stereocenters. The van der Waals surface area contributed by atoms with Crippen molar-refractivity contribution >= 4 is 23.2 Å². The number of carbonyl (C=O) groups is 2. The quantitative estimate of drug-likeness (QED) is 0.837. The number of rotatable bonds is 5. The molecule has 21 heavy (non-hydrogen) atoms. The molecule has 1 aliphatic heterocycles. The maximum absolute atomic E-state index is 12.4. The first-order chi connectivity index (χ1) is 10.2. The standard InChI is InChI=1S/C14H21N3O3S/c1-20-11-7-12(21-9-11)14(19)17-6-2-3-10(8-17)13(18)16-5-4-15/h7,9-10H,2-6,8,15H2,1H3,(H,16,18). The van der Waals surface area contributed by atoms with Gasteiger partial charge in [0.25, 0.3) is 5.91 Å². The molecule has 2 heterocycles. The molecule has 116 valence electrons. The highest BCUT2D eigenvalue weighted by Gasteiger charge is 2.29. The summed E-state index contributed by atoms with van der Waals surface area (Å²) in [5.41, 5.74) is 5.38. The van der Waals surface area contributed by atoms with Crippen LogP contribution in [0, 0.1) is 5.92 Å². The lowest BCUT2D eigenvalue weighted by molar-refractivity contribution is -0.126. The highest BCUT2D eigenvalue weighted by molar-refractivity contribution is 7.12. The summed E-state index contributed by atoms with van der Waals surface area (Å²) in [7, 11) is 1.58. The Morgan fingerprint density at radius 3 is 3.05 bits per heavy atom. The number of hydrogen-bond donors (Lipinski definition) is 2. The number of carbonyl (C=O) groups excluding carboxylic acids is 2. The maximum Gasteiger partial charge on any atom is 0.264 e. The minimum Gasteiger partial charge on any atom is -0.496 e. The van der Waals surface area contributed by atoms with Crippen LogP contribution in [0.15, 0.2) is 11.4 Å². The lowest BCUT2D eigenvalue weighted by Crippen LogP contribution is -2.46. The molecule has 7 heteroatoms. The molecule has 6 nitrogen and oxygen atoms in total. The van der Waals surface area contributed by atoms with Crippen molar-refractivity contribution in [1.82, 2.24) is 10.2 Å². The number of thiophene rings is 1. The predicted octanol–water partition coefficient (Wildman–Crippen LogP) is 0.684. The van der Waals surface area contributed by atoms with Gasteiger partial charge in [-0.25, -0.2) is 0 Å². The second-order valence-corrected chi connectivity index (χ2v) is 5.93. The normalized spacial score (nSPS) is 18.4. The molecule has 0 spiro atoms. The van der Waals surface area contributed by atoms with Crippen LogP contribution in [-0.4, -0.2) is 50.0 Å². The van der Waals surface area contributed by atoms with Gasteiger partial charge in [-0.3, -0.25) is 9.59 Å². The number of nitrogens with two attached hydrogens (primary N) is 1. The number of hydrogen-bond acceptors (Lipinski definition) is 5. The zero-order chi connectivity index (χ0) is 15.2. The zero-order valence-corrected chi connectivity index (χ0v) is 12.9. The van der Waals surface area contributed by atoms with Crippen molar-refractivity contribution in [2.45, 2.75) is 12.8 Å². The summed E-state index contributed by atoms with van der Waals surface area (Å²) in [4.78, 5) is 26.8. The second-order valence-electron chi connectivity index (χ2n) is 5.02. The van der Waals surface area contributed by atoms with Crippen molar-refractivity contribution in [3.8, 4) is 5.75 Å². The van der Waals surface area contributed by atoms with Gasteiger partial charge in [-0.2, -0.15) is 0 Å². The van der Waals surface area contributed by atoms with E-state index in [-0.39, 0.29) is 17.7 Å². The van der Waals surface area contributed by atoms with Crippen molar-refractivity contribution in [1.29, 1.82) is 0 Å². The van der Waals surface area contributed by atoms with Crippen LogP contribution in [0.3, 0.4) is 0 Å². The van der Waals surface area contributed by atoms with Gasteiger partial charge >= 0.3 is 0 Å². The second kappa shape index (κ2) is 7.42. The number of nitrogens with zero attached hydrogens (tertiary/aromatic N) is 1. The first-order valence-corrected chi connectivity index (χ1v) is 7.93. The predicted molar refractivity (Wildman–Crippen MR) is 81.6 cm³/mol. The molecule has 0 saturated carbocycles. The number of likely N-dealkylation sites (tertiary alicyclic amines) is 1. The minimum absolute atomic E-state index is 0.0123. The molecule has 1 aromatic heterocycles. The third-order valence-corrected chi connectivity index (χ3v) is 4.44. The third kappa shape index (κ3) is 3.95. The number of amides is 2. The molecule has 1 fully saturated rings. The fraction of sp³-hybridized carbons (Fsp3) is 0.571. The molecule has 1 saturated heterocycles. The van der Waals surface area contributed by atoms with E-state index >= 15 is 0 Å². The van der Waals surface area contributed by atoms with Gasteiger partial charge in [0.2, 0.25) is 5.91 Å². The average Bonchev–Trinajstić information content (AvgIpc) is 3.01. The summed E-state index contributed by atoms with van der Waals surface area (Å²) in [6.07, 6.45) is 1.66. The van der Waals surface area contributed by atoms with Gasteiger partial charge in [0.15, 0.2) is 0 Å². The van der Waals surface area contributed by atoms with Crippen LogP contribution in [0.4, 0.5) is 0 Å². The highest BCUT2D eigenvalue weighted by atomic mass is 32.1. The van der Waals surface area contributed by atoms with E-state index in [2.05, 4.69) is 5.32 Å². The van der Waals surface area contributed by atoms with Crippen molar-refractivity contribution in [3.05, 3.63) is 16.3 Å². The van der Waals surface area contributed by atoms with Crippen LogP contribution >= 0.6 is 11.3 Å². The van der Waals surface area contributed by atoms with E-state index in [1.54, 1.807) is 18.1 Å². The SMILES string of the molecule is COc1csc(C(=O)N2CCCC(C(=O)NCCN)C2)c1. The fourth-order valence-corrected chi connectivity index (χ4v) is 3.23. The molecule has 0 aliphatic carbocycles. The Morgan fingerprint density at radius 1 is 1.57 bits per heavy atom. The topological polar surface area (TPSA) is 84.7 Å². The minimum atomic E-state index is -0.142. The first-order valence-electron chi connectivity index (χ1n) is 7.05. The summed E-state index contributed by atoms with van der Waals surface area (Å²) in [6.45, 7) is 2.07. The van der Waals surface area contributed by atoms with Gasteiger partial charge in [-0.1, -0.05) is 0 Å². The Labute approximate surface area is 128 Å². The Hall–Kier alpha value is -1.60. The molecular formula is C14H21N3O3S. The molecule has 1 unspecified atom stereocenters. The van der Waals surface area contributed by atoms with E-state index in [4.69, 9.17) is 10.5 Å². The number of nitrogens with one attached hydrogen (secondary N) is 1. The van der Waals surface area contributed by atoms with Crippen molar-refractivity contribution in [2.24, 2.45) is 11.7 Å². The Bertz CT molecular complexity index is 503. The van der Waals surface area contributed by atoms with Crippen molar-refractivity contribution in [3.63, 3.8) is 0 Å². The molecule has 0 radical (unpaired) electrons. The van der Waals surface area contributed by atoms with Gasteiger partial charge in [-0.15, -0.1) is 11.3 Å². The Morgan fingerprint density at radius 2 is 2.38 bits per heavy atom. The number of ether oxygens (including phenoxy) is 1. The molecule has 1 aromatic rings. The lowest BCUT2D eigenvalue weighted by atomic mass is 9.97. The summed E-state index contributed by atoms with van der Waals surface area (Å²) in [6, 6.07) is 1.74. The summed E-state index contributed by atoms with van der Waals surface area (Å²) >= 11 is 1.37. The van der Waals surface area contributed by atoms with Crippen molar-refractivity contribution in [2.75, 3.05) is 33.3 Å². The van der Waals surface area contributed by atoms with Crippen LogP contribution in [0.25, 0.3) is 0 Å². The summed E-state index contributed by atoms with van der Waals surface area (Å²) in [5.74, 6) is 0.509. The number of methoxy groups -OCH3 is 1. The maximum atomic E-state index is 12.4. The smallest absolute Gasteiger partial charge is 0.264 e. The van der Waals surface area contributed by atoms with Crippen LogP contribution in [0.2, 0.25) is 0 Å².